The van der Waals surface area contributed by atoms with Crippen LogP contribution in [0.3, 0.4) is 0 Å². The summed E-state index contributed by atoms with van der Waals surface area (Å²) in [5.41, 5.74) is 0.546. The predicted octanol–water partition coefficient (Wildman–Crippen LogP) is 2.93. The Balaban J connectivity index is 3.04. The second kappa shape index (κ2) is 4.84. The highest BCUT2D eigenvalue weighted by Gasteiger charge is 2.17. The van der Waals surface area contributed by atoms with E-state index in [-0.39, 0.29) is 16.6 Å². The molecule has 0 N–H and O–H groups in total. The summed E-state index contributed by atoms with van der Waals surface area (Å²) in [6, 6.07) is 1.33. The number of nitro groups is 2. The zero-order valence-electron chi connectivity index (χ0n) is 8.75. The molecule has 0 atom stereocenters. The van der Waals surface area contributed by atoms with Crippen molar-refractivity contribution in [1.29, 1.82) is 0 Å². The van der Waals surface area contributed by atoms with E-state index in [1.54, 1.807) is 13.8 Å². The first kappa shape index (κ1) is 12.3. The molecule has 0 saturated heterocycles. The van der Waals surface area contributed by atoms with Gasteiger partial charge >= 0.3 is 5.00 Å². The van der Waals surface area contributed by atoms with Crippen molar-refractivity contribution in [2.75, 3.05) is 0 Å². The third-order valence-electron chi connectivity index (χ3n) is 1.90. The Bertz CT molecular complexity index is 450. The summed E-state index contributed by atoms with van der Waals surface area (Å²) in [6.07, 6.45) is 1.37. The summed E-state index contributed by atoms with van der Waals surface area (Å²) in [6.45, 7) is 3.41. The monoisotopic (exact) mass is 242 g/mol. The van der Waals surface area contributed by atoms with E-state index in [1.807, 2.05) is 0 Å². The lowest BCUT2D eigenvalue weighted by molar-refractivity contribution is -0.431. The largest absolute Gasteiger partial charge is 0.324 e. The normalized spacial score (nSPS) is 11.8. The van der Waals surface area contributed by atoms with Gasteiger partial charge in [-0.2, -0.15) is 0 Å². The van der Waals surface area contributed by atoms with Crippen LogP contribution in [0.1, 0.15) is 19.4 Å². The minimum absolute atomic E-state index is 0.0160. The molecule has 0 bridgehead atoms. The fraction of sp³-hybridized carbons (Fsp3) is 0.333. The van der Waals surface area contributed by atoms with Crippen LogP contribution in [0, 0.1) is 26.1 Å². The molecule has 86 valence electrons. The Morgan fingerprint density at radius 1 is 1.44 bits per heavy atom. The maximum absolute atomic E-state index is 10.7. The Labute approximate surface area is 95.5 Å². The zero-order chi connectivity index (χ0) is 12.3. The molecule has 0 aromatic carbocycles. The number of thiophene rings is 1. The van der Waals surface area contributed by atoms with Gasteiger partial charge in [0.15, 0.2) is 0 Å². The Kier molecular flexibility index (Phi) is 3.73. The third kappa shape index (κ3) is 2.86. The standard InChI is InChI=1S/C9H10N2O4S/c1-6(2)8(10(12)13)3-7-4-9(11(14)15)16-5-7/h3-6H,1-2H3. The molecule has 16 heavy (non-hydrogen) atoms. The van der Waals surface area contributed by atoms with Crippen LogP contribution >= 0.6 is 11.3 Å². The number of allylic oxidation sites excluding steroid dienone is 1. The molecule has 0 amide bonds. The van der Waals surface area contributed by atoms with Gasteiger partial charge in [0, 0.05) is 23.4 Å². The first-order valence-electron chi connectivity index (χ1n) is 4.50. The fourth-order valence-corrected chi connectivity index (χ4v) is 1.79. The lowest BCUT2D eigenvalue weighted by Gasteiger charge is -1.99. The van der Waals surface area contributed by atoms with Crippen LogP contribution in [-0.4, -0.2) is 9.85 Å². The van der Waals surface area contributed by atoms with E-state index in [2.05, 4.69) is 0 Å². The molecule has 1 aromatic rings. The predicted molar refractivity (Wildman–Crippen MR) is 60.8 cm³/mol. The molecule has 0 fully saturated rings. The molecule has 1 heterocycles. The molecular formula is C9H10N2O4S. The van der Waals surface area contributed by atoms with Crippen molar-refractivity contribution in [1.82, 2.24) is 0 Å². The summed E-state index contributed by atoms with van der Waals surface area (Å²) in [5, 5.41) is 22.6. The van der Waals surface area contributed by atoms with E-state index >= 15 is 0 Å². The van der Waals surface area contributed by atoms with Gasteiger partial charge in [0.2, 0.25) is 5.70 Å². The summed E-state index contributed by atoms with van der Waals surface area (Å²) >= 11 is 0.957. The van der Waals surface area contributed by atoms with Gasteiger partial charge in [-0.3, -0.25) is 20.2 Å². The highest BCUT2D eigenvalue weighted by Crippen LogP contribution is 2.25. The van der Waals surface area contributed by atoms with E-state index in [0.717, 1.165) is 11.3 Å². The highest BCUT2D eigenvalue weighted by atomic mass is 32.1. The first-order chi connectivity index (χ1) is 7.41. The van der Waals surface area contributed by atoms with Gasteiger partial charge in [0.25, 0.3) is 0 Å². The van der Waals surface area contributed by atoms with E-state index in [0.29, 0.717) is 5.56 Å². The van der Waals surface area contributed by atoms with Crippen LogP contribution in [-0.2, 0) is 0 Å². The maximum Gasteiger partial charge on any atom is 0.324 e. The lowest BCUT2D eigenvalue weighted by Crippen LogP contribution is -2.05. The molecule has 0 radical (unpaired) electrons. The van der Waals surface area contributed by atoms with Crippen LogP contribution in [0.4, 0.5) is 5.00 Å². The Hall–Kier alpha value is -1.76. The molecule has 0 unspecified atom stereocenters. The Morgan fingerprint density at radius 2 is 2.06 bits per heavy atom. The Morgan fingerprint density at radius 3 is 2.44 bits per heavy atom. The van der Waals surface area contributed by atoms with Gasteiger partial charge in [-0.05, 0) is 5.56 Å². The van der Waals surface area contributed by atoms with Crippen molar-refractivity contribution < 1.29 is 9.85 Å². The second-order valence-corrected chi connectivity index (χ2v) is 4.35. The SMILES string of the molecule is CC(C)C(=Cc1csc([N+](=O)[O-])c1)[N+](=O)[O-]. The number of rotatable bonds is 4. The highest BCUT2D eigenvalue weighted by molar-refractivity contribution is 7.13. The molecule has 6 nitrogen and oxygen atoms in total. The number of hydrogen-bond donors (Lipinski definition) is 0. The van der Waals surface area contributed by atoms with Gasteiger partial charge in [-0.15, -0.1) is 0 Å². The van der Waals surface area contributed by atoms with E-state index in [9.17, 15) is 20.2 Å². The molecule has 0 spiro atoms. The molecule has 1 aromatic heterocycles. The van der Waals surface area contributed by atoms with Crippen molar-refractivity contribution in [3.8, 4) is 0 Å². The molecular weight excluding hydrogens is 232 g/mol. The summed E-state index contributed by atoms with van der Waals surface area (Å²) in [5.74, 6) is -0.228. The summed E-state index contributed by atoms with van der Waals surface area (Å²) in [4.78, 5) is 20.1. The van der Waals surface area contributed by atoms with E-state index in [1.165, 1.54) is 17.5 Å². The first-order valence-corrected chi connectivity index (χ1v) is 5.38. The van der Waals surface area contributed by atoms with Crippen LogP contribution in [0.15, 0.2) is 17.1 Å². The maximum atomic E-state index is 10.7. The smallest absolute Gasteiger partial charge is 0.259 e. The summed E-state index contributed by atoms with van der Waals surface area (Å²) in [7, 11) is 0. The minimum Gasteiger partial charge on any atom is -0.259 e. The average Bonchev–Trinajstić information content (AvgIpc) is 2.61. The van der Waals surface area contributed by atoms with Crippen molar-refractivity contribution in [3.63, 3.8) is 0 Å². The molecule has 0 saturated carbocycles. The molecule has 0 aliphatic heterocycles. The molecule has 0 aliphatic carbocycles. The van der Waals surface area contributed by atoms with Crippen molar-refractivity contribution in [2.45, 2.75) is 13.8 Å². The lowest BCUT2D eigenvalue weighted by atomic mass is 10.1. The summed E-state index contributed by atoms with van der Waals surface area (Å²) < 4.78 is 0. The molecule has 1 rings (SSSR count). The van der Waals surface area contributed by atoms with Crippen molar-refractivity contribution in [3.05, 3.63) is 42.9 Å². The van der Waals surface area contributed by atoms with Crippen molar-refractivity contribution >= 4 is 22.4 Å². The van der Waals surface area contributed by atoms with Gasteiger partial charge in [-0.1, -0.05) is 25.2 Å². The van der Waals surface area contributed by atoms with Crippen LogP contribution < -0.4 is 0 Å². The van der Waals surface area contributed by atoms with Gasteiger partial charge < -0.3 is 0 Å². The molecule has 0 aliphatic rings. The quantitative estimate of drug-likeness (QED) is 0.600. The van der Waals surface area contributed by atoms with Crippen LogP contribution in [0.25, 0.3) is 6.08 Å². The zero-order valence-corrected chi connectivity index (χ0v) is 9.56. The molecule has 7 heteroatoms. The van der Waals surface area contributed by atoms with E-state index in [4.69, 9.17) is 0 Å². The topological polar surface area (TPSA) is 86.3 Å². The van der Waals surface area contributed by atoms with Crippen molar-refractivity contribution in [2.24, 2.45) is 5.92 Å². The van der Waals surface area contributed by atoms with Crippen LogP contribution in [0.5, 0.6) is 0 Å². The second-order valence-electron chi connectivity index (χ2n) is 3.46. The minimum atomic E-state index is -0.511. The third-order valence-corrected chi connectivity index (χ3v) is 2.80. The van der Waals surface area contributed by atoms with Crippen LogP contribution in [0.2, 0.25) is 0 Å². The van der Waals surface area contributed by atoms with Gasteiger partial charge in [0.1, 0.15) is 0 Å². The van der Waals surface area contributed by atoms with Gasteiger partial charge in [-0.25, -0.2) is 0 Å². The number of hydrogen-bond acceptors (Lipinski definition) is 5. The number of nitrogens with zero attached hydrogens (tertiary/aromatic N) is 2. The van der Waals surface area contributed by atoms with E-state index < -0.39 is 9.85 Å². The fourth-order valence-electron chi connectivity index (χ4n) is 1.11. The van der Waals surface area contributed by atoms with Gasteiger partial charge in [0.05, 0.1) is 9.85 Å². The average molecular weight is 242 g/mol.